The molecule has 4 nitrogen and oxygen atoms in total. The Labute approximate surface area is 188 Å². The highest BCUT2D eigenvalue weighted by molar-refractivity contribution is 6.74. The topological polar surface area (TPSA) is 44.8 Å². The van der Waals surface area contributed by atoms with E-state index in [-0.39, 0.29) is 17.2 Å². The Morgan fingerprint density at radius 2 is 1.65 bits per heavy atom. The lowest BCUT2D eigenvalue weighted by atomic mass is 10.00. The van der Waals surface area contributed by atoms with Crippen LogP contribution in [-0.4, -0.2) is 26.8 Å². The molecule has 1 heterocycles. The third-order valence-corrected chi connectivity index (χ3v) is 10.8. The van der Waals surface area contributed by atoms with Gasteiger partial charge in [-0.3, -0.25) is 0 Å². The molecule has 31 heavy (non-hydrogen) atoms. The lowest BCUT2D eigenvalue weighted by Crippen LogP contribution is -2.43. The number of hydrogen-bond acceptors (Lipinski definition) is 4. The summed E-state index contributed by atoms with van der Waals surface area (Å²) in [4.78, 5) is 11.1. The van der Waals surface area contributed by atoms with Gasteiger partial charge < -0.3 is 18.7 Å². The van der Waals surface area contributed by atoms with Crippen molar-refractivity contribution < 1.29 is 18.7 Å². The fourth-order valence-electron chi connectivity index (χ4n) is 3.50. The molecule has 0 N–H and O–H groups in total. The van der Waals surface area contributed by atoms with Crippen molar-refractivity contribution in [2.45, 2.75) is 83.1 Å². The zero-order valence-corrected chi connectivity index (χ0v) is 20.5. The van der Waals surface area contributed by atoms with Gasteiger partial charge in [0.25, 0.3) is 0 Å². The number of ether oxygens (including phenoxy) is 2. The van der Waals surface area contributed by atoms with Crippen molar-refractivity contribution in [2.75, 3.05) is 0 Å². The first-order chi connectivity index (χ1) is 14.7. The highest BCUT2D eigenvalue weighted by atomic mass is 28.4. The van der Waals surface area contributed by atoms with Crippen molar-refractivity contribution in [2.24, 2.45) is 0 Å². The van der Waals surface area contributed by atoms with E-state index < -0.39 is 14.6 Å². The smallest absolute Gasteiger partial charge is 0.250 e. The molecule has 2 aromatic rings. The molecule has 1 aliphatic rings. The maximum absolute atomic E-state index is 11.1. The minimum Gasteiger partial charge on any atom is -0.544 e. The Bertz CT molecular complexity index is 827. The molecule has 3 rings (SSSR count). The van der Waals surface area contributed by atoms with Crippen LogP contribution in [0.4, 0.5) is 0 Å². The standard InChI is InChI=1S/C26H36O4Si/c1-26(2,3)31(4,5)30-22-14-11-20(12-15-22)13-16-23-19-24(17-18-27)29-25(28-23)21-9-7-6-8-10-21/h6-12,14-15,18,23-25H,13,16-17,19H2,1-5H3/t23-,24+,25-/m0/s1. The predicted molar refractivity (Wildman–Crippen MR) is 127 cm³/mol. The second-order valence-electron chi connectivity index (χ2n) is 9.94. The number of aldehydes is 1. The first kappa shape index (κ1) is 23.7. The third kappa shape index (κ3) is 6.51. The van der Waals surface area contributed by atoms with Crippen molar-refractivity contribution in [1.29, 1.82) is 0 Å². The molecular weight excluding hydrogens is 404 g/mol. The van der Waals surface area contributed by atoms with Crippen LogP contribution < -0.4 is 4.43 Å². The van der Waals surface area contributed by atoms with E-state index in [9.17, 15) is 4.79 Å². The van der Waals surface area contributed by atoms with E-state index in [4.69, 9.17) is 13.9 Å². The van der Waals surface area contributed by atoms with Gasteiger partial charge >= 0.3 is 0 Å². The van der Waals surface area contributed by atoms with E-state index in [2.05, 4.69) is 58.1 Å². The number of rotatable bonds is 8. The molecule has 1 fully saturated rings. The largest absolute Gasteiger partial charge is 0.544 e. The lowest BCUT2D eigenvalue weighted by Gasteiger charge is -2.36. The summed E-state index contributed by atoms with van der Waals surface area (Å²) in [6, 6.07) is 18.4. The van der Waals surface area contributed by atoms with Gasteiger partial charge in [0, 0.05) is 18.4 Å². The fraction of sp³-hybridized carbons (Fsp3) is 0.500. The molecule has 1 aliphatic heterocycles. The van der Waals surface area contributed by atoms with Gasteiger partial charge in [-0.25, -0.2) is 0 Å². The average molecular weight is 441 g/mol. The van der Waals surface area contributed by atoms with E-state index in [1.54, 1.807) is 0 Å². The van der Waals surface area contributed by atoms with Crippen LogP contribution >= 0.6 is 0 Å². The summed E-state index contributed by atoms with van der Waals surface area (Å²) < 4.78 is 18.6. The minimum absolute atomic E-state index is 0.0621. The van der Waals surface area contributed by atoms with Gasteiger partial charge in [0.05, 0.1) is 12.2 Å². The molecule has 1 saturated heterocycles. The molecule has 2 aromatic carbocycles. The van der Waals surface area contributed by atoms with Crippen molar-refractivity contribution in [3.05, 3.63) is 65.7 Å². The lowest BCUT2D eigenvalue weighted by molar-refractivity contribution is -0.248. The Morgan fingerprint density at radius 3 is 2.26 bits per heavy atom. The quantitative estimate of drug-likeness (QED) is 0.349. The molecule has 3 atom stereocenters. The number of hydrogen-bond donors (Lipinski definition) is 0. The molecule has 0 aliphatic carbocycles. The van der Waals surface area contributed by atoms with Gasteiger partial charge in [-0.1, -0.05) is 63.2 Å². The summed E-state index contributed by atoms with van der Waals surface area (Å²) in [7, 11) is -1.83. The number of benzene rings is 2. The van der Waals surface area contributed by atoms with E-state index in [0.717, 1.165) is 36.9 Å². The maximum atomic E-state index is 11.1. The van der Waals surface area contributed by atoms with Crippen molar-refractivity contribution in [3.63, 3.8) is 0 Å². The SMILES string of the molecule is CC(C)(C)[Si](C)(C)Oc1ccc(CC[C@H]2C[C@@H](CC=O)O[C@@H](c3ccccc3)O2)cc1. The Kier molecular flexibility index (Phi) is 7.73. The van der Waals surface area contributed by atoms with Gasteiger partial charge in [0.1, 0.15) is 12.0 Å². The van der Waals surface area contributed by atoms with E-state index >= 15 is 0 Å². The van der Waals surface area contributed by atoms with Gasteiger partial charge in [-0.15, -0.1) is 0 Å². The predicted octanol–water partition coefficient (Wildman–Crippen LogP) is 6.47. The van der Waals surface area contributed by atoms with Gasteiger partial charge in [0.15, 0.2) is 6.29 Å². The molecule has 0 aromatic heterocycles. The molecule has 0 radical (unpaired) electrons. The zero-order valence-electron chi connectivity index (χ0n) is 19.5. The molecule has 0 bridgehead atoms. The molecular formula is C26H36O4Si. The van der Waals surface area contributed by atoms with Crippen LogP contribution in [0.25, 0.3) is 0 Å². The summed E-state index contributed by atoms with van der Waals surface area (Å²) in [5.74, 6) is 0.952. The number of carbonyl (C=O) groups excluding carboxylic acids is 1. The molecule has 0 spiro atoms. The summed E-state index contributed by atoms with van der Waals surface area (Å²) in [6.07, 6.45) is 3.46. The van der Waals surface area contributed by atoms with Crippen LogP contribution in [0.15, 0.2) is 54.6 Å². The van der Waals surface area contributed by atoms with Crippen molar-refractivity contribution in [3.8, 4) is 5.75 Å². The van der Waals surface area contributed by atoms with Crippen LogP contribution in [-0.2, 0) is 20.7 Å². The van der Waals surface area contributed by atoms with Crippen LogP contribution in [0.3, 0.4) is 0 Å². The number of aryl methyl sites for hydroxylation is 1. The summed E-state index contributed by atoms with van der Waals surface area (Å²) in [6.45, 7) is 11.3. The van der Waals surface area contributed by atoms with Crippen LogP contribution in [0, 0.1) is 0 Å². The monoisotopic (exact) mass is 440 g/mol. The van der Waals surface area contributed by atoms with Crippen LogP contribution in [0.2, 0.25) is 18.1 Å². The van der Waals surface area contributed by atoms with Gasteiger partial charge in [-0.05, 0) is 48.7 Å². The minimum atomic E-state index is -1.83. The van der Waals surface area contributed by atoms with E-state index in [0.29, 0.717) is 6.42 Å². The Morgan fingerprint density at radius 1 is 1.00 bits per heavy atom. The second-order valence-corrected chi connectivity index (χ2v) is 14.7. The molecule has 168 valence electrons. The van der Waals surface area contributed by atoms with E-state index in [1.807, 2.05) is 30.3 Å². The summed E-state index contributed by atoms with van der Waals surface area (Å²) in [5, 5.41) is 0.180. The molecule has 0 saturated carbocycles. The zero-order chi connectivity index (χ0) is 22.5. The Balaban J connectivity index is 1.59. The average Bonchev–Trinajstić information content (AvgIpc) is 2.73. The first-order valence-electron chi connectivity index (χ1n) is 11.3. The highest BCUT2D eigenvalue weighted by Gasteiger charge is 2.39. The summed E-state index contributed by atoms with van der Waals surface area (Å²) >= 11 is 0. The molecule has 0 unspecified atom stereocenters. The third-order valence-electron chi connectivity index (χ3n) is 6.45. The Hall–Kier alpha value is -1.95. The normalized spacial score (nSPS) is 22.2. The van der Waals surface area contributed by atoms with Crippen molar-refractivity contribution >= 4 is 14.6 Å². The molecule has 5 heteroatoms. The highest BCUT2D eigenvalue weighted by Crippen LogP contribution is 2.37. The number of carbonyl (C=O) groups is 1. The summed E-state index contributed by atoms with van der Waals surface area (Å²) in [5.41, 5.74) is 2.26. The van der Waals surface area contributed by atoms with Crippen LogP contribution in [0.1, 0.15) is 57.5 Å². The first-order valence-corrected chi connectivity index (χ1v) is 14.2. The van der Waals surface area contributed by atoms with Gasteiger partial charge in [0.2, 0.25) is 8.32 Å². The maximum Gasteiger partial charge on any atom is 0.250 e. The second kappa shape index (κ2) is 10.1. The van der Waals surface area contributed by atoms with E-state index in [1.165, 1.54) is 5.56 Å². The fourth-order valence-corrected chi connectivity index (χ4v) is 4.53. The molecule has 0 amide bonds. The van der Waals surface area contributed by atoms with Crippen LogP contribution in [0.5, 0.6) is 5.75 Å². The van der Waals surface area contributed by atoms with Crippen molar-refractivity contribution in [1.82, 2.24) is 0 Å². The van der Waals surface area contributed by atoms with Gasteiger partial charge in [-0.2, -0.15) is 0 Å².